The Balaban J connectivity index is 1.27. The topological polar surface area (TPSA) is 89.7 Å². The van der Waals surface area contributed by atoms with Crippen molar-refractivity contribution in [2.45, 2.75) is 25.3 Å². The maximum Gasteiger partial charge on any atom is 0.244 e. The Hall–Kier alpha value is -3.68. The molecule has 0 N–H and O–H groups in total. The molecular formula is C22H21N7O. The predicted molar refractivity (Wildman–Crippen MR) is 111 cm³/mol. The molecule has 0 atom stereocenters. The van der Waals surface area contributed by atoms with Crippen LogP contribution in [0.4, 0.5) is 0 Å². The summed E-state index contributed by atoms with van der Waals surface area (Å²) in [6.45, 7) is 1.78. The number of hydrogen-bond acceptors (Lipinski definition) is 6. The van der Waals surface area contributed by atoms with Crippen molar-refractivity contribution in [1.29, 1.82) is 0 Å². The molecule has 4 aromatic heterocycles. The first-order valence-electron chi connectivity index (χ1n) is 10.0. The van der Waals surface area contributed by atoms with E-state index in [9.17, 15) is 4.79 Å². The van der Waals surface area contributed by atoms with Crippen molar-refractivity contribution in [3.63, 3.8) is 0 Å². The minimum atomic E-state index is 0.114. The zero-order valence-electron chi connectivity index (χ0n) is 16.4. The maximum atomic E-state index is 12.5. The Kier molecular flexibility index (Phi) is 4.88. The monoisotopic (exact) mass is 399 g/mol. The van der Waals surface area contributed by atoms with Crippen LogP contribution in [0, 0.1) is 0 Å². The molecule has 0 unspecified atom stereocenters. The molecule has 0 radical (unpaired) electrons. The first kappa shape index (κ1) is 18.4. The Bertz CT molecular complexity index is 1150. The molecule has 8 heteroatoms. The molecular weight excluding hydrogens is 378 g/mol. The number of carbonyl (C=O) groups is 1. The summed E-state index contributed by atoms with van der Waals surface area (Å²) in [5.74, 6) is 0.454. The lowest BCUT2D eigenvalue weighted by molar-refractivity contribution is -0.133. The van der Waals surface area contributed by atoms with Gasteiger partial charge >= 0.3 is 0 Å². The molecule has 0 bridgehead atoms. The largest absolute Gasteiger partial charge is 0.341 e. The van der Waals surface area contributed by atoms with Gasteiger partial charge in [0.1, 0.15) is 12.9 Å². The van der Waals surface area contributed by atoms with E-state index < -0.39 is 0 Å². The van der Waals surface area contributed by atoms with Crippen molar-refractivity contribution in [2.75, 3.05) is 13.1 Å². The van der Waals surface area contributed by atoms with Crippen LogP contribution in [-0.2, 0) is 11.3 Å². The molecule has 8 nitrogen and oxygen atoms in total. The van der Waals surface area contributed by atoms with E-state index >= 15 is 0 Å². The summed E-state index contributed by atoms with van der Waals surface area (Å²) < 4.78 is 1.67. The number of hydrogen-bond donors (Lipinski definition) is 0. The fourth-order valence-corrected chi connectivity index (χ4v) is 3.92. The Morgan fingerprint density at radius 2 is 1.90 bits per heavy atom. The Labute approximate surface area is 173 Å². The number of rotatable bonds is 4. The SMILES string of the molecule is O=C(Cn1cccn1)N1CCC(c2ccc3cc(-c4cncnc4)cnc3n2)CC1. The lowest BCUT2D eigenvalue weighted by Gasteiger charge is -2.31. The van der Waals surface area contributed by atoms with Crippen LogP contribution in [0.15, 0.2) is 61.6 Å². The van der Waals surface area contributed by atoms with E-state index in [4.69, 9.17) is 4.98 Å². The molecule has 1 fully saturated rings. The molecule has 5 heterocycles. The first-order valence-corrected chi connectivity index (χ1v) is 10.0. The fourth-order valence-electron chi connectivity index (χ4n) is 3.92. The summed E-state index contributed by atoms with van der Waals surface area (Å²) >= 11 is 0. The van der Waals surface area contributed by atoms with Gasteiger partial charge in [-0.05, 0) is 37.1 Å². The lowest BCUT2D eigenvalue weighted by atomic mass is 9.92. The summed E-state index contributed by atoms with van der Waals surface area (Å²) in [4.78, 5) is 31.9. The van der Waals surface area contributed by atoms with Gasteiger partial charge in [-0.2, -0.15) is 5.10 Å². The third-order valence-electron chi connectivity index (χ3n) is 5.58. The van der Waals surface area contributed by atoms with Crippen LogP contribution in [-0.4, -0.2) is 53.6 Å². The summed E-state index contributed by atoms with van der Waals surface area (Å²) in [6, 6.07) is 8.05. The summed E-state index contributed by atoms with van der Waals surface area (Å²) in [5.41, 5.74) is 3.69. The van der Waals surface area contributed by atoms with Gasteiger partial charge in [0.25, 0.3) is 0 Å². The smallest absolute Gasteiger partial charge is 0.244 e. The van der Waals surface area contributed by atoms with Gasteiger partial charge < -0.3 is 4.90 Å². The van der Waals surface area contributed by atoms with Gasteiger partial charge in [0.2, 0.25) is 5.91 Å². The minimum absolute atomic E-state index is 0.114. The number of pyridine rings is 2. The van der Waals surface area contributed by atoms with E-state index in [-0.39, 0.29) is 5.91 Å². The molecule has 4 aromatic rings. The van der Waals surface area contributed by atoms with Crippen LogP contribution < -0.4 is 0 Å². The molecule has 30 heavy (non-hydrogen) atoms. The van der Waals surface area contributed by atoms with Gasteiger partial charge in [-0.25, -0.2) is 19.9 Å². The summed E-state index contributed by atoms with van der Waals surface area (Å²) in [7, 11) is 0. The van der Waals surface area contributed by atoms with Crippen molar-refractivity contribution in [3.8, 4) is 11.1 Å². The number of amides is 1. The van der Waals surface area contributed by atoms with E-state index in [0.717, 1.165) is 53.8 Å². The second-order valence-electron chi connectivity index (χ2n) is 7.49. The average Bonchev–Trinajstić information content (AvgIpc) is 3.32. The number of aromatic nitrogens is 6. The molecule has 1 aliphatic heterocycles. The number of carbonyl (C=O) groups excluding carboxylic acids is 1. The normalized spacial score (nSPS) is 14.9. The van der Waals surface area contributed by atoms with Crippen LogP contribution in [0.2, 0.25) is 0 Å². The van der Waals surface area contributed by atoms with Gasteiger partial charge in [0.15, 0.2) is 5.65 Å². The van der Waals surface area contributed by atoms with Gasteiger partial charge in [0.05, 0.1) is 0 Å². The third kappa shape index (κ3) is 3.76. The van der Waals surface area contributed by atoms with Crippen molar-refractivity contribution >= 4 is 16.9 Å². The highest BCUT2D eigenvalue weighted by Gasteiger charge is 2.25. The minimum Gasteiger partial charge on any atom is -0.341 e. The van der Waals surface area contributed by atoms with Crippen LogP contribution in [0.5, 0.6) is 0 Å². The standard InChI is InChI=1S/C22H21N7O/c30-21(14-29-7-1-6-26-29)28-8-4-16(5-9-28)20-3-2-17-10-18(13-25-22(17)27-20)19-11-23-15-24-12-19/h1-3,6-7,10-13,15-16H,4-5,8-9,14H2. The van der Waals surface area contributed by atoms with Gasteiger partial charge in [-0.15, -0.1) is 0 Å². The molecule has 1 saturated heterocycles. The Morgan fingerprint density at radius 1 is 1.07 bits per heavy atom. The van der Waals surface area contributed by atoms with Gasteiger partial charge in [0, 0.05) is 72.2 Å². The predicted octanol–water partition coefficient (Wildman–Crippen LogP) is 2.69. The van der Waals surface area contributed by atoms with E-state index in [2.05, 4.69) is 38.2 Å². The molecule has 0 saturated carbocycles. The number of fused-ring (bicyclic) bond motifs is 1. The second-order valence-corrected chi connectivity index (χ2v) is 7.49. The number of nitrogens with zero attached hydrogens (tertiary/aromatic N) is 7. The highest BCUT2D eigenvalue weighted by atomic mass is 16.2. The summed E-state index contributed by atoms with van der Waals surface area (Å²) in [5, 5.41) is 5.11. The molecule has 1 aliphatic rings. The van der Waals surface area contributed by atoms with Crippen molar-refractivity contribution in [3.05, 3.63) is 67.3 Å². The molecule has 0 aliphatic carbocycles. The van der Waals surface area contributed by atoms with Crippen LogP contribution in [0.25, 0.3) is 22.2 Å². The summed E-state index contributed by atoms with van der Waals surface area (Å²) in [6.07, 6.45) is 12.2. The van der Waals surface area contributed by atoms with Crippen LogP contribution in [0.1, 0.15) is 24.5 Å². The van der Waals surface area contributed by atoms with Crippen LogP contribution >= 0.6 is 0 Å². The third-order valence-corrected chi connectivity index (χ3v) is 5.58. The maximum absolute atomic E-state index is 12.5. The molecule has 0 spiro atoms. The van der Waals surface area contributed by atoms with E-state index in [0.29, 0.717) is 12.5 Å². The molecule has 0 aromatic carbocycles. The second kappa shape index (κ2) is 7.98. The first-order chi connectivity index (χ1) is 14.8. The number of piperidine rings is 1. The fraction of sp³-hybridized carbons (Fsp3) is 0.273. The highest BCUT2D eigenvalue weighted by molar-refractivity contribution is 5.80. The quantitative estimate of drug-likeness (QED) is 0.524. The number of likely N-dealkylation sites (tertiary alicyclic amines) is 1. The molecule has 150 valence electrons. The lowest BCUT2D eigenvalue weighted by Crippen LogP contribution is -2.39. The molecule has 1 amide bonds. The van der Waals surface area contributed by atoms with E-state index in [1.165, 1.54) is 6.33 Å². The average molecular weight is 399 g/mol. The van der Waals surface area contributed by atoms with E-state index in [1.807, 2.05) is 23.4 Å². The van der Waals surface area contributed by atoms with Crippen molar-refractivity contribution in [1.82, 2.24) is 34.6 Å². The highest BCUT2D eigenvalue weighted by Crippen LogP contribution is 2.29. The van der Waals surface area contributed by atoms with Crippen molar-refractivity contribution < 1.29 is 4.79 Å². The van der Waals surface area contributed by atoms with Crippen LogP contribution in [0.3, 0.4) is 0 Å². The molecule has 5 rings (SSSR count). The van der Waals surface area contributed by atoms with Gasteiger partial charge in [-0.3, -0.25) is 9.48 Å². The Morgan fingerprint density at radius 3 is 2.67 bits per heavy atom. The zero-order chi connectivity index (χ0) is 20.3. The van der Waals surface area contributed by atoms with E-state index in [1.54, 1.807) is 23.3 Å². The van der Waals surface area contributed by atoms with Gasteiger partial charge in [-0.1, -0.05) is 0 Å². The zero-order valence-corrected chi connectivity index (χ0v) is 16.4. The van der Waals surface area contributed by atoms with Crippen molar-refractivity contribution in [2.24, 2.45) is 0 Å².